The van der Waals surface area contributed by atoms with E-state index in [1.54, 1.807) is 6.07 Å². The summed E-state index contributed by atoms with van der Waals surface area (Å²) in [7, 11) is 0. The predicted molar refractivity (Wildman–Crippen MR) is 83.1 cm³/mol. The molecule has 122 valence electrons. The molecule has 2 aromatic rings. The number of aromatic nitrogens is 2. The van der Waals surface area contributed by atoms with Gasteiger partial charge in [-0.2, -0.15) is 9.78 Å². The molecule has 1 heterocycles. The highest BCUT2D eigenvalue weighted by atomic mass is 19.1. The molecule has 0 fully saturated rings. The van der Waals surface area contributed by atoms with Gasteiger partial charge < -0.3 is 10.0 Å². The number of amides is 1. The van der Waals surface area contributed by atoms with E-state index < -0.39 is 17.3 Å². The topological polar surface area (TPSA) is 75.4 Å². The van der Waals surface area contributed by atoms with Gasteiger partial charge in [-0.3, -0.25) is 9.59 Å². The minimum atomic E-state index is -0.604. The largest absolute Gasteiger partial charge is 0.395 e. The van der Waals surface area contributed by atoms with Gasteiger partial charge in [0.05, 0.1) is 6.61 Å². The van der Waals surface area contributed by atoms with Crippen LogP contribution in [0.5, 0.6) is 0 Å². The Morgan fingerprint density at radius 3 is 2.65 bits per heavy atom. The van der Waals surface area contributed by atoms with Gasteiger partial charge in [0.25, 0.3) is 11.5 Å². The van der Waals surface area contributed by atoms with Crippen LogP contribution in [0, 0.1) is 5.82 Å². The van der Waals surface area contributed by atoms with Crippen molar-refractivity contribution in [2.75, 3.05) is 19.7 Å². The van der Waals surface area contributed by atoms with Gasteiger partial charge in [-0.05, 0) is 24.6 Å². The molecule has 0 aliphatic carbocycles. The van der Waals surface area contributed by atoms with E-state index in [1.807, 2.05) is 6.92 Å². The quantitative estimate of drug-likeness (QED) is 0.868. The Labute approximate surface area is 132 Å². The van der Waals surface area contributed by atoms with Gasteiger partial charge >= 0.3 is 0 Å². The van der Waals surface area contributed by atoms with Crippen LogP contribution in [0.4, 0.5) is 4.39 Å². The van der Waals surface area contributed by atoms with Crippen LogP contribution in [0.15, 0.2) is 41.2 Å². The Morgan fingerprint density at radius 1 is 1.26 bits per heavy atom. The summed E-state index contributed by atoms with van der Waals surface area (Å²) in [5, 5.41) is 13.0. The third-order valence-corrected chi connectivity index (χ3v) is 3.25. The summed E-state index contributed by atoms with van der Waals surface area (Å²) in [5.41, 5.74) is -0.526. The molecule has 0 radical (unpaired) electrons. The fraction of sp³-hybridized carbons (Fsp3) is 0.312. The smallest absolute Gasteiger partial charge is 0.274 e. The van der Waals surface area contributed by atoms with E-state index in [4.69, 9.17) is 5.11 Å². The molecule has 1 N–H and O–H groups in total. The van der Waals surface area contributed by atoms with Crippen LogP contribution in [0.3, 0.4) is 0 Å². The second-order valence-corrected chi connectivity index (χ2v) is 4.94. The molecular formula is C16H18FN3O3. The SMILES string of the molecule is CCCN(CCO)C(=O)c1ccc(=O)n(-c2ccccc2F)n1. The number of carbonyl (C=O) groups is 1. The van der Waals surface area contributed by atoms with Crippen molar-refractivity contribution < 1.29 is 14.3 Å². The maximum atomic E-state index is 13.9. The molecule has 1 aromatic carbocycles. The molecule has 0 unspecified atom stereocenters. The summed E-state index contributed by atoms with van der Waals surface area (Å²) >= 11 is 0. The number of aliphatic hydroxyl groups excluding tert-OH is 1. The van der Waals surface area contributed by atoms with E-state index in [9.17, 15) is 14.0 Å². The molecule has 23 heavy (non-hydrogen) atoms. The molecule has 6 nitrogen and oxygen atoms in total. The van der Waals surface area contributed by atoms with Crippen molar-refractivity contribution in [3.05, 3.63) is 58.3 Å². The van der Waals surface area contributed by atoms with Gasteiger partial charge in [0.2, 0.25) is 0 Å². The highest BCUT2D eigenvalue weighted by Crippen LogP contribution is 2.10. The lowest BCUT2D eigenvalue weighted by molar-refractivity contribution is 0.0714. The zero-order valence-corrected chi connectivity index (χ0v) is 12.8. The Kier molecular flexibility index (Phi) is 5.59. The minimum absolute atomic E-state index is 0.0173. The van der Waals surface area contributed by atoms with Crippen LogP contribution >= 0.6 is 0 Å². The molecule has 0 atom stereocenters. The molecule has 1 amide bonds. The van der Waals surface area contributed by atoms with Gasteiger partial charge in [-0.25, -0.2) is 4.39 Å². The zero-order chi connectivity index (χ0) is 16.8. The second-order valence-electron chi connectivity index (χ2n) is 4.94. The Balaban J connectivity index is 2.42. The number of aliphatic hydroxyl groups is 1. The molecular weight excluding hydrogens is 301 g/mol. The minimum Gasteiger partial charge on any atom is -0.395 e. The first-order chi connectivity index (χ1) is 11.1. The lowest BCUT2D eigenvalue weighted by Crippen LogP contribution is -2.36. The third-order valence-electron chi connectivity index (χ3n) is 3.25. The van der Waals surface area contributed by atoms with Crippen LogP contribution in [0.1, 0.15) is 23.8 Å². The summed E-state index contributed by atoms with van der Waals surface area (Å²) in [6.07, 6.45) is 0.721. The molecule has 0 saturated heterocycles. The fourth-order valence-electron chi connectivity index (χ4n) is 2.19. The summed E-state index contributed by atoms with van der Waals surface area (Å²) in [6, 6.07) is 8.19. The van der Waals surface area contributed by atoms with E-state index in [0.29, 0.717) is 6.54 Å². The van der Waals surface area contributed by atoms with Crippen molar-refractivity contribution in [1.29, 1.82) is 0 Å². The highest BCUT2D eigenvalue weighted by Gasteiger charge is 2.18. The van der Waals surface area contributed by atoms with E-state index in [0.717, 1.165) is 11.1 Å². The maximum Gasteiger partial charge on any atom is 0.274 e. The Morgan fingerprint density at radius 2 is 2.00 bits per heavy atom. The lowest BCUT2D eigenvalue weighted by Gasteiger charge is -2.20. The van der Waals surface area contributed by atoms with Crippen molar-refractivity contribution in [2.24, 2.45) is 0 Å². The molecule has 0 aliphatic rings. The Bertz CT molecular complexity index is 739. The molecule has 0 spiro atoms. The number of benzene rings is 1. The third kappa shape index (κ3) is 3.81. The zero-order valence-electron chi connectivity index (χ0n) is 12.8. The lowest BCUT2D eigenvalue weighted by atomic mass is 10.3. The summed E-state index contributed by atoms with van der Waals surface area (Å²) < 4.78 is 14.7. The van der Waals surface area contributed by atoms with Gasteiger partial charge in [0.1, 0.15) is 17.2 Å². The number of carbonyl (C=O) groups excluding carboxylic acids is 1. The molecule has 7 heteroatoms. The summed E-state index contributed by atoms with van der Waals surface area (Å²) in [6.45, 7) is 2.37. The van der Waals surface area contributed by atoms with E-state index in [-0.39, 0.29) is 24.5 Å². The van der Waals surface area contributed by atoms with E-state index >= 15 is 0 Å². The predicted octanol–water partition coefficient (Wildman–Crippen LogP) is 1.22. The Hall–Kier alpha value is -2.54. The van der Waals surface area contributed by atoms with Crippen LogP contribution < -0.4 is 5.56 Å². The van der Waals surface area contributed by atoms with Gasteiger partial charge in [0.15, 0.2) is 0 Å². The second kappa shape index (κ2) is 7.64. The number of para-hydroxylation sites is 1. The molecule has 2 rings (SSSR count). The molecule has 0 bridgehead atoms. The first kappa shape index (κ1) is 16.8. The van der Waals surface area contributed by atoms with Crippen molar-refractivity contribution in [3.63, 3.8) is 0 Å². The average Bonchev–Trinajstić information content (AvgIpc) is 2.55. The van der Waals surface area contributed by atoms with Crippen LogP contribution in [-0.4, -0.2) is 45.4 Å². The molecule has 0 saturated carbocycles. The van der Waals surface area contributed by atoms with Crippen LogP contribution in [0.25, 0.3) is 5.69 Å². The fourth-order valence-corrected chi connectivity index (χ4v) is 2.19. The van der Waals surface area contributed by atoms with Crippen molar-refractivity contribution >= 4 is 5.91 Å². The van der Waals surface area contributed by atoms with Gasteiger partial charge in [0, 0.05) is 19.2 Å². The van der Waals surface area contributed by atoms with Crippen LogP contribution in [-0.2, 0) is 0 Å². The first-order valence-electron chi connectivity index (χ1n) is 7.34. The summed E-state index contributed by atoms with van der Waals surface area (Å²) in [4.78, 5) is 25.8. The van der Waals surface area contributed by atoms with Crippen LogP contribution in [0.2, 0.25) is 0 Å². The van der Waals surface area contributed by atoms with Gasteiger partial charge in [-0.1, -0.05) is 19.1 Å². The molecule has 1 aromatic heterocycles. The number of rotatable bonds is 6. The summed E-state index contributed by atoms with van der Waals surface area (Å²) in [5.74, 6) is -1.02. The maximum absolute atomic E-state index is 13.9. The highest BCUT2D eigenvalue weighted by molar-refractivity contribution is 5.92. The monoisotopic (exact) mass is 319 g/mol. The standard InChI is InChI=1S/C16H18FN3O3/c1-2-9-19(10-11-21)16(23)13-7-8-15(22)20(18-13)14-6-4-3-5-12(14)17/h3-8,21H,2,9-11H2,1H3. The average molecular weight is 319 g/mol. The normalized spacial score (nSPS) is 10.6. The number of nitrogens with zero attached hydrogens (tertiary/aromatic N) is 3. The van der Waals surface area contributed by atoms with Crippen molar-refractivity contribution in [3.8, 4) is 5.69 Å². The number of hydrogen-bond acceptors (Lipinski definition) is 4. The number of halogens is 1. The van der Waals surface area contributed by atoms with Crippen molar-refractivity contribution in [1.82, 2.24) is 14.7 Å². The van der Waals surface area contributed by atoms with E-state index in [2.05, 4.69) is 5.10 Å². The van der Waals surface area contributed by atoms with Gasteiger partial charge in [-0.15, -0.1) is 0 Å². The number of hydrogen-bond donors (Lipinski definition) is 1. The molecule has 0 aliphatic heterocycles. The van der Waals surface area contributed by atoms with E-state index in [1.165, 1.54) is 35.2 Å². The van der Waals surface area contributed by atoms with Crippen molar-refractivity contribution in [2.45, 2.75) is 13.3 Å². The first-order valence-corrected chi connectivity index (χ1v) is 7.34.